The molecule has 2 unspecified atom stereocenters. The quantitative estimate of drug-likeness (QED) is 0.695. The highest BCUT2D eigenvalue weighted by Crippen LogP contribution is 2.19. The van der Waals surface area contributed by atoms with E-state index in [9.17, 15) is 14.4 Å². The van der Waals surface area contributed by atoms with E-state index >= 15 is 0 Å². The Morgan fingerprint density at radius 1 is 1.47 bits per heavy atom. The second-order valence-corrected chi connectivity index (χ2v) is 4.29. The van der Waals surface area contributed by atoms with Gasteiger partial charge in [0.15, 0.2) is 11.5 Å². The molecule has 1 aliphatic rings. The van der Waals surface area contributed by atoms with Crippen LogP contribution in [0, 0.1) is 0 Å². The van der Waals surface area contributed by atoms with Crippen LogP contribution in [0.1, 0.15) is 23.2 Å². The first-order valence-corrected chi connectivity index (χ1v) is 5.91. The van der Waals surface area contributed by atoms with Gasteiger partial charge in [-0.2, -0.15) is 0 Å². The number of carboxylic acids is 1. The van der Waals surface area contributed by atoms with Crippen LogP contribution >= 0.6 is 0 Å². The van der Waals surface area contributed by atoms with E-state index in [4.69, 9.17) is 9.84 Å². The van der Waals surface area contributed by atoms with Crippen molar-refractivity contribution in [3.63, 3.8) is 0 Å². The first-order chi connectivity index (χ1) is 9.08. The van der Waals surface area contributed by atoms with Crippen LogP contribution in [0.5, 0.6) is 0 Å². The largest absolute Gasteiger partial charge is 0.479 e. The van der Waals surface area contributed by atoms with E-state index in [1.165, 1.54) is 18.5 Å². The maximum atomic E-state index is 11.7. The lowest BCUT2D eigenvalue weighted by atomic mass is 10.2. The number of carboxylic acid groups (broad SMARTS) is 1. The van der Waals surface area contributed by atoms with E-state index in [1.54, 1.807) is 0 Å². The summed E-state index contributed by atoms with van der Waals surface area (Å²) in [5.74, 6) is -1.49. The average Bonchev–Trinajstić information content (AvgIpc) is 2.85. The molecule has 0 radical (unpaired) electrons. The zero-order valence-electron chi connectivity index (χ0n) is 10.1. The molecule has 0 spiro atoms. The van der Waals surface area contributed by atoms with E-state index in [0.717, 1.165) is 0 Å². The number of aliphatic carboxylic acids is 1. The van der Waals surface area contributed by atoms with Crippen molar-refractivity contribution < 1.29 is 19.4 Å². The summed E-state index contributed by atoms with van der Waals surface area (Å²) in [4.78, 5) is 36.5. The number of amides is 1. The van der Waals surface area contributed by atoms with Gasteiger partial charge in [0.25, 0.3) is 5.91 Å². The molecule has 2 heterocycles. The molecule has 3 N–H and O–H groups in total. The molecular formula is C12H14N2O5. The first-order valence-electron chi connectivity index (χ1n) is 5.91. The number of hydrogen-bond acceptors (Lipinski definition) is 4. The van der Waals surface area contributed by atoms with Gasteiger partial charge in [-0.3, -0.25) is 9.59 Å². The fourth-order valence-corrected chi connectivity index (χ4v) is 1.93. The van der Waals surface area contributed by atoms with Crippen molar-refractivity contribution in [1.29, 1.82) is 0 Å². The predicted molar refractivity (Wildman–Crippen MR) is 64.9 cm³/mol. The summed E-state index contributed by atoms with van der Waals surface area (Å²) in [6.07, 6.45) is 2.64. The van der Waals surface area contributed by atoms with Gasteiger partial charge in [-0.25, -0.2) is 4.79 Å². The lowest BCUT2D eigenvalue weighted by Gasteiger charge is -2.12. The van der Waals surface area contributed by atoms with Crippen LogP contribution in [0.3, 0.4) is 0 Å². The van der Waals surface area contributed by atoms with Gasteiger partial charge in [0.2, 0.25) is 0 Å². The van der Waals surface area contributed by atoms with Crippen LogP contribution in [0.15, 0.2) is 23.3 Å². The van der Waals surface area contributed by atoms with Gasteiger partial charge >= 0.3 is 5.97 Å². The zero-order valence-corrected chi connectivity index (χ0v) is 10.1. The second-order valence-electron chi connectivity index (χ2n) is 4.29. The lowest BCUT2D eigenvalue weighted by molar-refractivity contribution is -0.149. The smallest absolute Gasteiger partial charge is 0.332 e. The van der Waals surface area contributed by atoms with Crippen molar-refractivity contribution in [3.05, 3.63) is 34.2 Å². The van der Waals surface area contributed by atoms with Gasteiger partial charge in [-0.15, -0.1) is 0 Å². The third-order valence-corrected chi connectivity index (χ3v) is 2.94. The van der Waals surface area contributed by atoms with E-state index in [-0.39, 0.29) is 23.6 Å². The third kappa shape index (κ3) is 3.19. The number of hydrogen-bond donors (Lipinski definition) is 3. The van der Waals surface area contributed by atoms with Crippen LogP contribution < -0.4 is 10.7 Å². The van der Waals surface area contributed by atoms with Gasteiger partial charge in [-0.1, -0.05) is 0 Å². The summed E-state index contributed by atoms with van der Waals surface area (Å²) < 4.78 is 5.24. The molecule has 19 heavy (non-hydrogen) atoms. The summed E-state index contributed by atoms with van der Waals surface area (Å²) in [6, 6.07) is 1.27. The highest BCUT2D eigenvalue weighted by Gasteiger charge is 2.30. The molecule has 1 aromatic rings. The topological polar surface area (TPSA) is 108 Å². The molecule has 1 fully saturated rings. The minimum absolute atomic E-state index is 0.0234. The number of ether oxygens (including phenoxy) is 1. The Labute approximate surface area is 108 Å². The number of rotatable bonds is 4. The van der Waals surface area contributed by atoms with E-state index in [1.807, 2.05) is 0 Å². The van der Waals surface area contributed by atoms with Gasteiger partial charge < -0.3 is 20.1 Å². The van der Waals surface area contributed by atoms with Gasteiger partial charge in [0.05, 0.1) is 6.10 Å². The predicted octanol–water partition coefficient (Wildman–Crippen LogP) is -0.263. The van der Waals surface area contributed by atoms with Gasteiger partial charge in [-0.05, 0) is 12.8 Å². The Morgan fingerprint density at radius 2 is 2.26 bits per heavy atom. The molecule has 0 aromatic carbocycles. The molecule has 1 saturated heterocycles. The molecule has 7 nitrogen and oxygen atoms in total. The summed E-state index contributed by atoms with van der Waals surface area (Å²) in [6.45, 7) is 0.191. The Hall–Kier alpha value is -2.15. The molecule has 0 bridgehead atoms. The number of H-pyrrole nitrogens is 1. The molecule has 7 heteroatoms. The molecule has 2 rings (SSSR count). The van der Waals surface area contributed by atoms with E-state index in [2.05, 4.69) is 10.3 Å². The number of aromatic amines is 1. The van der Waals surface area contributed by atoms with E-state index < -0.39 is 18.0 Å². The lowest BCUT2D eigenvalue weighted by Crippen LogP contribution is -2.35. The number of nitrogens with one attached hydrogen (secondary N) is 2. The molecule has 1 aliphatic heterocycles. The Kier molecular flexibility index (Phi) is 3.96. The number of carbonyl (C=O) groups is 2. The van der Waals surface area contributed by atoms with Crippen LogP contribution in [-0.4, -0.2) is 40.7 Å². The van der Waals surface area contributed by atoms with Crippen LogP contribution in [0.4, 0.5) is 0 Å². The number of aromatic nitrogens is 1. The fraction of sp³-hybridized carbons (Fsp3) is 0.417. The van der Waals surface area contributed by atoms with Crippen molar-refractivity contribution in [2.75, 3.05) is 6.54 Å². The molecule has 102 valence electrons. The fourth-order valence-electron chi connectivity index (χ4n) is 1.93. The maximum absolute atomic E-state index is 11.7. The van der Waals surface area contributed by atoms with Crippen LogP contribution in [0.25, 0.3) is 0 Å². The molecule has 0 saturated carbocycles. The van der Waals surface area contributed by atoms with Crippen molar-refractivity contribution in [2.45, 2.75) is 25.0 Å². The highest BCUT2D eigenvalue weighted by atomic mass is 16.5. The number of carbonyl (C=O) groups excluding carboxylic acids is 1. The summed E-state index contributed by atoms with van der Waals surface area (Å²) >= 11 is 0. The van der Waals surface area contributed by atoms with Gasteiger partial charge in [0, 0.05) is 25.0 Å². The normalized spacial score (nSPS) is 22.1. The average molecular weight is 266 g/mol. The Morgan fingerprint density at radius 3 is 2.89 bits per heavy atom. The molecule has 1 amide bonds. The van der Waals surface area contributed by atoms with Gasteiger partial charge in [0.1, 0.15) is 5.56 Å². The summed E-state index contributed by atoms with van der Waals surface area (Å²) in [5, 5.41) is 11.3. The van der Waals surface area contributed by atoms with Crippen LogP contribution in [-0.2, 0) is 9.53 Å². The van der Waals surface area contributed by atoms with Crippen molar-refractivity contribution >= 4 is 11.9 Å². The van der Waals surface area contributed by atoms with Crippen molar-refractivity contribution in [2.24, 2.45) is 0 Å². The summed E-state index contributed by atoms with van der Waals surface area (Å²) in [5.41, 5.74) is -0.345. The zero-order chi connectivity index (χ0) is 13.8. The Balaban J connectivity index is 1.87. The number of pyridine rings is 1. The first kappa shape index (κ1) is 13.3. The standard InChI is InChI=1S/C12H14N2O5/c15-9-3-4-13-6-8(9)11(16)14-5-7-1-2-10(19-7)12(17)18/h3-4,6-7,10H,1-2,5H2,(H,13,15)(H,14,16)(H,17,18). The minimum Gasteiger partial charge on any atom is -0.479 e. The monoisotopic (exact) mass is 266 g/mol. The summed E-state index contributed by atoms with van der Waals surface area (Å²) in [7, 11) is 0. The maximum Gasteiger partial charge on any atom is 0.332 e. The molecule has 1 aromatic heterocycles. The highest BCUT2D eigenvalue weighted by molar-refractivity contribution is 5.93. The minimum atomic E-state index is -0.992. The van der Waals surface area contributed by atoms with Crippen LogP contribution in [0.2, 0.25) is 0 Å². The molecule has 0 aliphatic carbocycles. The van der Waals surface area contributed by atoms with E-state index in [0.29, 0.717) is 12.8 Å². The van der Waals surface area contributed by atoms with Crippen molar-refractivity contribution in [3.8, 4) is 0 Å². The molecule has 2 atom stereocenters. The third-order valence-electron chi connectivity index (χ3n) is 2.94. The SMILES string of the molecule is O=C(NCC1CCC(C(=O)O)O1)c1c[nH]ccc1=O. The second kappa shape index (κ2) is 5.66. The Bertz CT molecular complexity index is 539. The van der Waals surface area contributed by atoms with Crippen molar-refractivity contribution in [1.82, 2.24) is 10.3 Å². The molecular weight excluding hydrogens is 252 g/mol.